The minimum Gasteiger partial charge on any atom is -0.477 e. The van der Waals surface area contributed by atoms with E-state index >= 15 is 0 Å². The summed E-state index contributed by atoms with van der Waals surface area (Å²) in [4.78, 5) is 16.5. The van der Waals surface area contributed by atoms with E-state index < -0.39 is 11.6 Å². The Bertz CT molecular complexity index is 420. The van der Waals surface area contributed by atoms with E-state index in [-0.39, 0.29) is 12.2 Å². The van der Waals surface area contributed by atoms with Crippen LogP contribution in [-0.2, 0) is 0 Å². The molecule has 0 aliphatic carbocycles. The number of hydrogen-bond acceptors (Lipinski definition) is 3. The van der Waals surface area contributed by atoms with E-state index in [2.05, 4.69) is 4.98 Å². The highest BCUT2D eigenvalue weighted by Gasteiger charge is 2.34. The first-order valence-electron chi connectivity index (χ1n) is 5.12. The highest BCUT2D eigenvalue weighted by Crippen LogP contribution is 2.28. The molecule has 2 heterocycles. The van der Waals surface area contributed by atoms with Gasteiger partial charge in [-0.2, -0.15) is 0 Å². The molecule has 0 amide bonds. The Morgan fingerprint density at radius 3 is 2.94 bits per heavy atom. The molecule has 86 valence electrons. The van der Waals surface area contributed by atoms with Gasteiger partial charge >= 0.3 is 5.97 Å². The largest absolute Gasteiger partial charge is 0.477 e. The van der Waals surface area contributed by atoms with Crippen LogP contribution >= 0.6 is 0 Å². The monoisotopic (exact) mass is 224 g/mol. The maximum Gasteiger partial charge on any atom is 0.354 e. The second kappa shape index (κ2) is 3.73. The lowest BCUT2D eigenvalue weighted by atomic mass is 10.1. The van der Waals surface area contributed by atoms with Crippen LogP contribution in [0.5, 0.6) is 0 Å². The third-order valence-corrected chi connectivity index (χ3v) is 2.70. The van der Waals surface area contributed by atoms with Crippen molar-refractivity contribution in [3.8, 4) is 0 Å². The fraction of sp³-hybridized carbons (Fsp3) is 0.455. The van der Waals surface area contributed by atoms with Gasteiger partial charge in [-0.25, -0.2) is 14.2 Å². The van der Waals surface area contributed by atoms with Crippen LogP contribution in [0.15, 0.2) is 18.2 Å². The maximum atomic E-state index is 13.6. The molecule has 2 rings (SSSR count). The Balaban J connectivity index is 2.22. The third kappa shape index (κ3) is 2.13. The molecule has 1 aromatic rings. The summed E-state index contributed by atoms with van der Waals surface area (Å²) in [7, 11) is 0. The average Bonchev–Trinajstić information content (AvgIpc) is 2.59. The van der Waals surface area contributed by atoms with Crippen molar-refractivity contribution < 1.29 is 14.3 Å². The van der Waals surface area contributed by atoms with Gasteiger partial charge in [-0.05, 0) is 19.1 Å². The van der Waals surface area contributed by atoms with Gasteiger partial charge < -0.3 is 10.0 Å². The van der Waals surface area contributed by atoms with E-state index in [0.717, 1.165) is 0 Å². The summed E-state index contributed by atoms with van der Waals surface area (Å²) in [6.45, 7) is 2.39. The van der Waals surface area contributed by atoms with Crippen LogP contribution < -0.4 is 4.90 Å². The summed E-state index contributed by atoms with van der Waals surface area (Å²) in [5, 5.41) is 8.80. The molecule has 0 bridgehead atoms. The Morgan fingerprint density at radius 1 is 1.62 bits per heavy atom. The Hall–Kier alpha value is -1.65. The van der Waals surface area contributed by atoms with E-state index in [0.29, 0.717) is 18.8 Å². The fourth-order valence-electron chi connectivity index (χ4n) is 1.84. The summed E-state index contributed by atoms with van der Waals surface area (Å²) in [5.74, 6) is -0.537. The summed E-state index contributed by atoms with van der Waals surface area (Å²) in [6, 6.07) is 4.75. The Kier molecular flexibility index (Phi) is 2.53. The normalized spacial score (nSPS) is 24.8. The first-order valence-corrected chi connectivity index (χ1v) is 5.12. The molecule has 1 aliphatic rings. The van der Waals surface area contributed by atoms with Crippen molar-refractivity contribution in [2.45, 2.75) is 19.0 Å². The fourth-order valence-corrected chi connectivity index (χ4v) is 1.84. The Labute approximate surface area is 92.7 Å². The number of anilines is 1. The quantitative estimate of drug-likeness (QED) is 0.831. The molecule has 1 aromatic heterocycles. The molecule has 0 radical (unpaired) electrons. The van der Waals surface area contributed by atoms with Gasteiger partial charge in [0.15, 0.2) is 5.69 Å². The zero-order valence-corrected chi connectivity index (χ0v) is 8.98. The van der Waals surface area contributed by atoms with E-state index in [9.17, 15) is 9.18 Å². The second-order valence-electron chi connectivity index (χ2n) is 4.27. The number of aromatic carboxylic acids is 1. The van der Waals surface area contributed by atoms with Crippen LogP contribution in [0, 0.1) is 0 Å². The summed E-state index contributed by atoms with van der Waals surface area (Å²) >= 11 is 0. The van der Waals surface area contributed by atoms with Gasteiger partial charge in [-0.3, -0.25) is 0 Å². The van der Waals surface area contributed by atoms with Crippen molar-refractivity contribution in [1.82, 2.24) is 4.98 Å². The molecular weight excluding hydrogens is 211 g/mol. The minimum absolute atomic E-state index is 0.00930. The van der Waals surface area contributed by atoms with Crippen LogP contribution in [0.4, 0.5) is 10.2 Å². The van der Waals surface area contributed by atoms with Crippen LogP contribution in [0.3, 0.4) is 0 Å². The molecule has 1 fully saturated rings. The van der Waals surface area contributed by atoms with Crippen molar-refractivity contribution in [2.75, 3.05) is 18.0 Å². The topological polar surface area (TPSA) is 53.4 Å². The standard InChI is InChI=1S/C11H13FN2O2/c1-11(12)5-6-14(7-11)9-4-2-3-8(13-9)10(15)16/h2-4H,5-7H2,1H3,(H,15,16). The van der Waals surface area contributed by atoms with Gasteiger partial charge in [0, 0.05) is 13.0 Å². The van der Waals surface area contributed by atoms with E-state index in [4.69, 9.17) is 5.11 Å². The Morgan fingerprint density at radius 2 is 2.38 bits per heavy atom. The number of carbonyl (C=O) groups is 1. The van der Waals surface area contributed by atoms with Crippen LogP contribution in [0.25, 0.3) is 0 Å². The third-order valence-electron chi connectivity index (χ3n) is 2.70. The molecule has 5 heteroatoms. The summed E-state index contributed by atoms with van der Waals surface area (Å²) in [5.41, 5.74) is -1.22. The maximum absolute atomic E-state index is 13.6. The second-order valence-corrected chi connectivity index (χ2v) is 4.27. The van der Waals surface area contributed by atoms with Gasteiger partial charge in [0.05, 0.1) is 6.54 Å². The number of nitrogens with zero attached hydrogens (tertiary/aromatic N) is 2. The molecule has 1 atom stereocenters. The molecule has 16 heavy (non-hydrogen) atoms. The van der Waals surface area contributed by atoms with E-state index in [1.54, 1.807) is 24.0 Å². The van der Waals surface area contributed by atoms with Crippen molar-refractivity contribution in [3.05, 3.63) is 23.9 Å². The van der Waals surface area contributed by atoms with Crippen molar-refractivity contribution in [2.24, 2.45) is 0 Å². The number of carboxylic acids is 1. The minimum atomic E-state index is -1.21. The number of aromatic nitrogens is 1. The molecule has 0 saturated carbocycles. The highest BCUT2D eigenvalue weighted by molar-refractivity contribution is 5.85. The van der Waals surface area contributed by atoms with Gasteiger partial charge in [-0.15, -0.1) is 0 Å². The van der Waals surface area contributed by atoms with Crippen LogP contribution in [0.2, 0.25) is 0 Å². The first-order chi connectivity index (χ1) is 7.48. The summed E-state index contributed by atoms with van der Waals surface area (Å²) < 4.78 is 13.6. The van der Waals surface area contributed by atoms with Gasteiger partial charge in [-0.1, -0.05) is 6.07 Å². The molecule has 0 aromatic carbocycles. The predicted molar refractivity (Wildman–Crippen MR) is 57.5 cm³/mol. The lowest BCUT2D eigenvalue weighted by molar-refractivity contribution is 0.0690. The van der Waals surface area contributed by atoms with Crippen LogP contribution in [-0.4, -0.2) is 34.8 Å². The smallest absolute Gasteiger partial charge is 0.354 e. The number of halogens is 1. The van der Waals surface area contributed by atoms with E-state index in [1.807, 2.05) is 0 Å². The zero-order chi connectivity index (χ0) is 11.8. The molecule has 0 spiro atoms. The number of hydrogen-bond donors (Lipinski definition) is 1. The van der Waals surface area contributed by atoms with Gasteiger partial charge in [0.2, 0.25) is 0 Å². The molecule has 1 unspecified atom stereocenters. The van der Waals surface area contributed by atoms with Gasteiger partial charge in [0.1, 0.15) is 11.5 Å². The number of carboxylic acid groups (broad SMARTS) is 1. The average molecular weight is 224 g/mol. The first kappa shape index (κ1) is 10.9. The van der Waals surface area contributed by atoms with Crippen LogP contribution in [0.1, 0.15) is 23.8 Å². The number of alkyl halides is 1. The molecule has 1 aliphatic heterocycles. The zero-order valence-electron chi connectivity index (χ0n) is 8.98. The lowest BCUT2D eigenvalue weighted by Gasteiger charge is -2.18. The highest BCUT2D eigenvalue weighted by atomic mass is 19.1. The van der Waals surface area contributed by atoms with Crippen molar-refractivity contribution in [1.29, 1.82) is 0 Å². The van der Waals surface area contributed by atoms with E-state index in [1.165, 1.54) is 6.07 Å². The predicted octanol–water partition coefficient (Wildman–Crippen LogP) is 1.72. The number of rotatable bonds is 2. The lowest BCUT2D eigenvalue weighted by Crippen LogP contribution is -2.26. The molecule has 4 nitrogen and oxygen atoms in total. The number of pyridine rings is 1. The molecule has 1 saturated heterocycles. The summed E-state index contributed by atoms with van der Waals surface area (Å²) in [6.07, 6.45) is 0.450. The van der Waals surface area contributed by atoms with Crippen molar-refractivity contribution in [3.63, 3.8) is 0 Å². The van der Waals surface area contributed by atoms with Crippen molar-refractivity contribution >= 4 is 11.8 Å². The molecular formula is C11H13FN2O2. The molecule has 1 N–H and O–H groups in total. The van der Waals surface area contributed by atoms with Gasteiger partial charge in [0.25, 0.3) is 0 Å². The SMILES string of the molecule is CC1(F)CCN(c2cccc(C(=O)O)n2)C1.